The molecule has 0 unspecified atom stereocenters. The van der Waals surface area contributed by atoms with Gasteiger partial charge in [0, 0.05) is 24.8 Å². The van der Waals surface area contributed by atoms with Gasteiger partial charge in [-0.25, -0.2) is 9.20 Å². The van der Waals surface area contributed by atoms with Crippen LogP contribution in [0.5, 0.6) is 5.88 Å². The fourth-order valence-corrected chi connectivity index (χ4v) is 4.57. The second-order valence-electron chi connectivity index (χ2n) is 9.37. The Morgan fingerprint density at radius 2 is 2.03 bits per heavy atom. The number of rotatable bonds is 5. The van der Waals surface area contributed by atoms with Crippen LogP contribution in [0.25, 0.3) is 27.7 Å². The number of hydrogen-bond donors (Lipinski definition) is 2. The average molecular weight is 450 g/mol. The van der Waals surface area contributed by atoms with Gasteiger partial charge in [-0.2, -0.15) is 4.98 Å². The molecule has 4 aromatic rings. The third-order valence-electron chi connectivity index (χ3n) is 6.68. The highest BCUT2D eigenvalue weighted by Gasteiger charge is 2.30. The summed E-state index contributed by atoms with van der Waals surface area (Å²) < 4.78 is 15.1. The quantitative estimate of drug-likeness (QED) is 0.478. The molecule has 10 nitrogen and oxygen atoms in total. The van der Waals surface area contributed by atoms with Gasteiger partial charge in [-0.3, -0.25) is 0 Å². The van der Waals surface area contributed by atoms with Gasteiger partial charge < -0.3 is 19.9 Å². The van der Waals surface area contributed by atoms with Crippen molar-refractivity contribution in [3.63, 3.8) is 0 Å². The van der Waals surface area contributed by atoms with Crippen LogP contribution in [0.3, 0.4) is 0 Å². The number of aryl methyl sites for hydroxylation is 1. The highest BCUT2D eigenvalue weighted by atomic mass is 16.6. The van der Waals surface area contributed by atoms with Crippen LogP contribution >= 0.6 is 0 Å². The number of ether oxygens (including phenoxy) is 2. The topological polar surface area (TPSA) is 112 Å². The standard InChI is InChI=1S/C23H27N7O3/c1-23(31)8-5-15(6-9-23)24-22-25-21(33-16-12-32-13-16)20-17(7-10-30(20)27-22)14-3-4-18-19(11-14)29(2)28-26-18/h3-4,7,10-11,15-16,31H,5-6,8-9,12-13H2,1-2H3,(H,24,27). The van der Waals surface area contributed by atoms with Crippen molar-refractivity contribution >= 4 is 22.5 Å². The van der Waals surface area contributed by atoms with Crippen LogP contribution in [0.2, 0.25) is 0 Å². The highest BCUT2D eigenvalue weighted by Crippen LogP contribution is 2.34. The summed E-state index contributed by atoms with van der Waals surface area (Å²) in [5, 5.41) is 26.7. The first-order chi connectivity index (χ1) is 15.9. The lowest BCUT2D eigenvalue weighted by molar-refractivity contribution is -0.0808. The Kier molecular flexibility index (Phi) is 4.73. The molecule has 3 aromatic heterocycles. The molecule has 2 N–H and O–H groups in total. The number of aliphatic hydroxyl groups is 1. The van der Waals surface area contributed by atoms with Gasteiger partial charge in [-0.05, 0) is 56.4 Å². The second-order valence-corrected chi connectivity index (χ2v) is 9.37. The van der Waals surface area contributed by atoms with Crippen LogP contribution in [0.4, 0.5) is 5.95 Å². The van der Waals surface area contributed by atoms with Gasteiger partial charge in [0.05, 0.1) is 24.3 Å². The molecule has 0 spiro atoms. The van der Waals surface area contributed by atoms with Crippen LogP contribution in [-0.2, 0) is 11.8 Å². The minimum absolute atomic E-state index is 0.0205. The Morgan fingerprint density at radius 1 is 1.21 bits per heavy atom. The zero-order valence-corrected chi connectivity index (χ0v) is 18.7. The summed E-state index contributed by atoms with van der Waals surface area (Å²) in [7, 11) is 1.88. The molecule has 2 fully saturated rings. The van der Waals surface area contributed by atoms with Crippen molar-refractivity contribution in [2.24, 2.45) is 7.05 Å². The Bertz CT molecular complexity index is 1310. The van der Waals surface area contributed by atoms with E-state index in [0.29, 0.717) is 25.0 Å². The zero-order valence-electron chi connectivity index (χ0n) is 18.7. The van der Waals surface area contributed by atoms with Crippen LogP contribution in [0.15, 0.2) is 30.5 Å². The maximum absolute atomic E-state index is 10.3. The predicted octanol–water partition coefficient (Wildman–Crippen LogP) is 2.56. The first kappa shape index (κ1) is 20.4. The molecular weight excluding hydrogens is 422 g/mol. The van der Waals surface area contributed by atoms with E-state index in [1.807, 2.05) is 42.9 Å². The molecule has 0 amide bonds. The summed E-state index contributed by atoms with van der Waals surface area (Å²) in [5.41, 5.74) is 4.03. The van der Waals surface area contributed by atoms with Crippen molar-refractivity contribution in [2.75, 3.05) is 18.5 Å². The summed E-state index contributed by atoms with van der Waals surface area (Å²) in [6.45, 7) is 3.01. The Hall–Kier alpha value is -3.24. The van der Waals surface area contributed by atoms with Crippen LogP contribution in [0.1, 0.15) is 32.6 Å². The smallest absolute Gasteiger partial charge is 0.244 e. The molecule has 1 aliphatic carbocycles. The molecule has 2 aliphatic rings. The number of anilines is 1. The largest absolute Gasteiger partial charge is 0.468 e. The van der Waals surface area contributed by atoms with Gasteiger partial charge in [0.1, 0.15) is 17.1 Å². The molecule has 0 atom stereocenters. The number of nitrogens with one attached hydrogen (secondary N) is 1. The highest BCUT2D eigenvalue weighted by molar-refractivity contribution is 5.89. The fraction of sp³-hybridized carbons (Fsp3) is 0.478. The molecule has 1 saturated carbocycles. The van der Waals surface area contributed by atoms with Gasteiger partial charge in [-0.15, -0.1) is 10.2 Å². The summed E-state index contributed by atoms with van der Waals surface area (Å²) in [4.78, 5) is 4.77. The Balaban J connectivity index is 1.38. The lowest BCUT2D eigenvalue weighted by atomic mass is 9.84. The van der Waals surface area contributed by atoms with Gasteiger partial charge >= 0.3 is 0 Å². The first-order valence-electron chi connectivity index (χ1n) is 11.4. The van der Waals surface area contributed by atoms with E-state index in [4.69, 9.17) is 19.6 Å². The number of nitrogens with zero attached hydrogens (tertiary/aromatic N) is 6. The SMILES string of the molecule is Cn1nnc2ccc(-c3ccn4nc(NC5CCC(C)(O)CC5)nc(OC5COC5)c34)cc21. The molecule has 1 aliphatic heterocycles. The molecule has 1 saturated heterocycles. The van der Waals surface area contributed by atoms with Crippen LogP contribution in [0, 0.1) is 0 Å². The molecule has 172 valence electrons. The average Bonchev–Trinajstić information content (AvgIpc) is 3.36. The third kappa shape index (κ3) is 3.79. The molecule has 0 bridgehead atoms. The van der Waals surface area contributed by atoms with E-state index in [1.54, 1.807) is 4.68 Å². The van der Waals surface area contributed by atoms with E-state index in [9.17, 15) is 5.11 Å². The van der Waals surface area contributed by atoms with Crippen molar-refractivity contribution in [2.45, 2.75) is 50.4 Å². The van der Waals surface area contributed by atoms with E-state index in [-0.39, 0.29) is 12.1 Å². The Morgan fingerprint density at radius 3 is 2.79 bits per heavy atom. The van der Waals surface area contributed by atoms with Crippen molar-refractivity contribution < 1.29 is 14.6 Å². The van der Waals surface area contributed by atoms with Gasteiger partial charge in [0.15, 0.2) is 0 Å². The predicted molar refractivity (Wildman–Crippen MR) is 122 cm³/mol. The Labute approximate surface area is 190 Å². The molecule has 1 aromatic carbocycles. The number of hydrogen-bond acceptors (Lipinski definition) is 8. The molecular formula is C23H27N7O3. The molecule has 6 rings (SSSR count). The maximum atomic E-state index is 10.3. The van der Waals surface area contributed by atoms with E-state index < -0.39 is 5.60 Å². The number of benzene rings is 1. The minimum Gasteiger partial charge on any atom is -0.468 e. The van der Waals surface area contributed by atoms with Crippen molar-refractivity contribution in [3.8, 4) is 17.0 Å². The number of fused-ring (bicyclic) bond motifs is 2. The summed E-state index contributed by atoms with van der Waals surface area (Å²) in [6, 6.07) is 8.32. The third-order valence-corrected chi connectivity index (χ3v) is 6.68. The summed E-state index contributed by atoms with van der Waals surface area (Å²) >= 11 is 0. The van der Waals surface area contributed by atoms with E-state index in [2.05, 4.69) is 21.7 Å². The lowest BCUT2D eigenvalue weighted by Gasteiger charge is -2.33. The zero-order chi connectivity index (χ0) is 22.6. The summed E-state index contributed by atoms with van der Waals surface area (Å²) in [5.74, 6) is 1.06. The second kappa shape index (κ2) is 7.67. The van der Waals surface area contributed by atoms with E-state index >= 15 is 0 Å². The van der Waals surface area contributed by atoms with Gasteiger partial charge in [0.25, 0.3) is 0 Å². The minimum atomic E-state index is -0.582. The molecule has 10 heteroatoms. The summed E-state index contributed by atoms with van der Waals surface area (Å²) in [6.07, 6.45) is 5.17. The van der Waals surface area contributed by atoms with Crippen molar-refractivity contribution in [1.29, 1.82) is 0 Å². The van der Waals surface area contributed by atoms with Gasteiger partial charge in [0.2, 0.25) is 11.8 Å². The van der Waals surface area contributed by atoms with E-state index in [1.165, 1.54) is 0 Å². The first-order valence-corrected chi connectivity index (χ1v) is 11.4. The van der Waals surface area contributed by atoms with Crippen LogP contribution < -0.4 is 10.1 Å². The molecule has 33 heavy (non-hydrogen) atoms. The van der Waals surface area contributed by atoms with Crippen molar-refractivity contribution in [1.82, 2.24) is 29.6 Å². The maximum Gasteiger partial charge on any atom is 0.244 e. The number of aromatic nitrogens is 6. The normalized spacial score (nSPS) is 23.7. The molecule has 0 radical (unpaired) electrons. The lowest BCUT2D eigenvalue weighted by Crippen LogP contribution is -2.39. The van der Waals surface area contributed by atoms with Crippen LogP contribution in [-0.4, -0.2) is 65.7 Å². The fourth-order valence-electron chi connectivity index (χ4n) is 4.57. The van der Waals surface area contributed by atoms with Gasteiger partial charge in [-0.1, -0.05) is 11.3 Å². The van der Waals surface area contributed by atoms with Crippen molar-refractivity contribution in [3.05, 3.63) is 30.5 Å². The molecule has 4 heterocycles. The van der Waals surface area contributed by atoms with E-state index in [0.717, 1.165) is 53.4 Å². The monoisotopic (exact) mass is 449 g/mol.